The summed E-state index contributed by atoms with van der Waals surface area (Å²) in [4.78, 5) is 8.58. The number of hydrogen-bond acceptors (Lipinski definition) is 1. The predicted octanol–water partition coefficient (Wildman–Crippen LogP) is -3.78. The molecule has 0 aromatic heterocycles. The topological polar surface area (TPSA) is 43.1 Å². The van der Waals surface area contributed by atoms with E-state index in [4.69, 9.17) is 4.79 Å². The summed E-state index contributed by atoms with van der Waals surface area (Å²) in [5.74, 6) is 0. The summed E-state index contributed by atoms with van der Waals surface area (Å²) in [6, 6.07) is 0. The molecule has 0 saturated carbocycles. The molecule has 1 amide bonds. The van der Waals surface area contributed by atoms with Gasteiger partial charge in [0.05, 0.1) is 0 Å². The molecule has 20 valence electrons. The van der Waals surface area contributed by atoms with Crippen LogP contribution in [0, 0.1) is 0 Å². The zero-order valence-corrected chi connectivity index (χ0v) is 2.56. The fourth-order valence-electron chi connectivity index (χ4n) is 0. The van der Waals surface area contributed by atoms with Gasteiger partial charge in [-0.2, -0.15) is 0 Å². The molecule has 0 saturated heterocycles. The Morgan fingerprint density at radius 2 is 2.00 bits per heavy atom. The van der Waals surface area contributed by atoms with E-state index >= 15 is 0 Å². The van der Waals surface area contributed by atoms with Gasteiger partial charge >= 0.3 is 18.9 Å². The Kier molecular flexibility index (Phi) is 25.8. The van der Waals surface area contributed by atoms with Gasteiger partial charge in [-0.3, -0.25) is 4.79 Å². The van der Waals surface area contributed by atoms with E-state index in [1.807, 2.05) is 0 Å². The Balaban J connectivity index is -0.0000000200. The van der Waals surface area contributed by atoms with E-state index < -0.39 is 0 Å². The van der Waals surface area contributed by atoms with Gasteiger partial charge in [0, 0.05) is 0 Å². The number of carbonyl (C=O) groups excluding carboxylic acids is 1. The van der Waals surface area contributed by atoms with Crippen molar-refractivity contribution in [3.63, 3.8) is 0 Å². The molecule has 0 aliphatic carbocycles. The summed E-state index contributed by atoms with van der Waals surface area (Å²) >= 11 is 0. The second-order valence-corrected chi connectivity index (χ2v) is 0.136. The fourth-order valence-corrected chi connectivity index (χ4v) is 0. The summed E-state index contributed by atoms with van der Waals surface area (Å²) in [7, 11) is 0. The molecule has 0 atom stereocenters. The van der Waals surface area contributed by atoms with Crippen LogP contribution in [-0.2, 0) is 4.79 Å². The van der Waals surface area contributed by atoms with Gasteiger partial charge in [0.1, 0.15) is 0 Å². The van der Waals surface area contributed by atoms with Crippen molar-refractivity contribution in [1.29, 1.82) is 0 Å². The van der Waals surface area contributed by atoms with Crippen molar-refractivity contribution in [1.82, 2.24) is 0 Å². The second-order valence-electron chi connectivity index (χ2n) is 0.136. The van der Waals surface area contributed by atoms with Crippen molar-refractivity contribution in [3.05, 3.63) is 0 Å². The number of hydrogen-bond donors (Lipinski definition) is 1. The van der Waals surface area contributed by atoms with Crippen molar-refractivity contribution >= 4 is 6.41 Å². The third-order valence-electron chi connectivity index (χ3n) is 0. The summed E-state index contributed by atoms with van der Waals surface area (Å²) in [5, 5.41) is 0. The van der Waals surface area contributed by atoms with Crippen molar-refractivity contribution in [2.24, 2.45) is 5.73 Å². The minimum Gasteiger partial charge on any atom is -1.00 e. The van der Waals surface area contributed by atoms with Crippen LogP contribution >= 0.6 is 0 Å². The Morgan fingerprint density at radius 3 is 2.00 bits per heavy atom. The Labute approximate surface area is 38.0 Å². The largest absolute Gasteiger partial charge is 1.00 e. The van der Waals surface area contributed by atoms with Crippen molar-refractivity contribution in [2.75, 3.05) is 0 Å². The van der Waals surface area contributed by atoms with E-state index in [1.54, 1.807) is 0 Å². The predicted molar refractivity (Wildman–Crippen MR) is 11.4 cm³/mol. The van der Waals surface area contributed by atoms with Crippen LogP contribution in [0.1, 0.15) is 1.43 Å². The minimum atomic E-state index is 0. The standard InChI is InChI=1S/CH3NO.Li.H/c2-1-3;;/h1H,(H2,2,3);;/q;+1;-1. The van der Waals surface area contributed by atoms with E-state index in [1.165, 1.54) is 0 Å². The van der Waals surface area contributed by atoms with Crippen LogP contribution < -0.4 is 24.6 Å². The van der Waals surface area contributed by atoms with Crippen LogP contribution in [0.2, 0.25) is 0 Å². The van der Waals surface area contributed by atoms with Crippen LogP contribution in [0.3, 0.4) is 0 Å². The number of primary amides is 1. The minimum absolute atomic E-state index is 0. The number of carbonyl (C=O) groups is 1. The van der Waals surface area contributed by atoms with Crippen LogP contribution in [0.5, 0.6) is 0 Å². The van der Waals surface area contributed by atoms with Crippen molar-refractivity contribution in [2.45, 2.75) is 0 Å². The molecule has 0 aromatic rings. The molecule has 2 nitrogen and oxygen atoms in total. The van der Waals surface area contributed by atoms with Gasteiger partial charge in [0.15, 0.2) is 0 Å². The van der Waals surface area contributed by atoms with Gasteiger partial charge < -0.3 is 7.16 Å². The maximum absolute atomic E-state index is 8.58. The third kappa shape index (κ3) is 518. The van der Waals surface area contributed by atoms with Gasteiger partial charge in [-0.1, -0.05) is 0 Å². The molecule has 0 aliphatic heterocycles. The normalized spacial score (nSPS) is 3.00. The zero-order valence-electron chi connectivity index (χ0n) is 3.56. The van der Waals surface area contributed by atoms with Crippen molar-refractivity contribution < 1.29 is 25.1 Å². The zero-order chi connectivity index (χ0) is 2.71. The molecule has 0 aliphatic rings. The van der Waals surface area contributed by atoms with Gasteiger partial charge in [-0.05, 0) is 0 Å². The number of nitrogens with two attached hydrogens (primary N) is 1. The Bertz CT molecular complexity index is 19.1. The quantitative estimate of drug-likeness (QED) is 0.223. The molecule has 0 aromatic carbocycles. The van der Waals surface area contributed by atoms with E-state index in [0.717, 1.165) is 0 Å². The molecular formula is CH4LiNO. The average molecular weight is 53.0 g/mol. The summed E-state index contributed by atoms with van der Waals surface area (Å²) in [6.45, 7) is 0. The van der Waals surface area contributed by atoms with Crippen LogP contribution in [0.15, 0.2) is 0 Å². The van der Waals surface area contributed by atoms with Gasteiger partial charge in [-0.25, -0.2) is 0 Å². The van der Waals surface area contributed by atoms with Crippen LogP contribution in [0.4, 0.5) is 0 Å². The third-order valence-corrected chi connectivity index (χ3v) is 0. The number of amides is 1. The first-order valence-corrected chi connectivity index (χ1v) is 0.569. The molecule has 4 heavy (non-hydrogen) atoms. The monoisotopic (exact) mass is 53.0 g/mol. The van der Waals surface area contributed by atoms with Crippen LogP contribution in [0.25, 0.3) is 0 Å². The molecule has 2 N–H and O–H groups in total. The van der Waals surface area contributed by atoms with Gasteiger partial charge in [0.2, 0.25) is 6.41 Å². The summed E-state index contributed by atoms with van der Waals surface area (Å²) < 4.78 is 0. The molecular weight excluding hydrogens is 49.0 g/mol. The summed E-state index contributed by atoms with van der Waals surface area (Å²) in [5.41, 5.74) is 4.17. The SMILES string of the molecule is NC=O.[H-].[Li+]. The average Bonchev–Trinajstić information content (AvgIpc) is 0.918. The molecule has 0 unspecified atom stereocenters. The second kappa shape index (κ2) is 11.5. The molecule has 0 radical (unpaired) electrons. The molecule has 0 rings (SSSR count). The van der Waals surface area contributed by atoms with E-state index in [-0.39, 0.29) is 26.7 Å². The number of rotatable bonds is 0. The van der Waals surface area contributed by atoms with E-state index in [0.29, 0.717) is 0 Å². The molecule has 0 heterocycles. The Hall–Kier alpha value is 0.0674. The first-order valence-electron chi connectivity index (χ1n) is 0.569. The first-order chi connectivity index (χ1) is 1.41. The van der Waals surface area contributed by atoms with E-state index in [9.17, 15) is 0 Å². The summed E-state index contributed by atoms with van der Waals surface area (Å²) in [6.07, 6.45) is 0.250. The van der Waals surface area contributed by atoms with Crippen LogP contribution in [-0.4, -0.2) is 6.41 Å². The van der Waals surface area contributed by atoms with Gasteiger partial charge in [-0.15, -0.1) is 0 Å². The maximum atomic E-state index is 8.58. The Morgan fingerprint density at radius 1 is 2.00 bits per heavy atom. The maximum Gasteiger partial charge on any atom is 1.00 e. The molecule has 3 heteroatoms. The first kappa shape index (κ1) is 8.95. The molecule has 0 spiro atoms. The fraction of sp³-hybridized carbons (Fsp3) is 0. The molecule has 0 bridgehead atoms. The smallest absolute Gasteiger partial charge is 1.00 e. The van der Waals surface area contributed by atoms with E-state index in [2.05, 4.69) is 5.73 Å². The van der Waals surface area contributed by atoms with Gasteiger partial charge in [0.25, 0.3) is 0 Å². The molecule has 0 fully saturated rings. The van der Waals surface area contributed by atoms with Crippen molar-refractivity contribution in [3.8, 4) is 0 Å².